The monoisotopic (exact) mass is 667 g/mol. The van der Waals surface area contributed by atoms with Crippen molar-refractivity contribution in [2.75, 3.05) is 19.4 Å². The van der Waals surface area contributed by atoms with Gasteiger partial charge in [0.25, 0.3) is 0 Å². The molecule has 0 amide bonds. The van der Waals surface area contributed by atoms with Gasteiger partial charge in [-0.3, -0.25) is 4.57 Å². The van der Waals surface area contributed by atoms with E-state index in [0.717, 1.165) is 25.7 Å². The third kappa shape index (κ3) is 36.5. The summed E-state index contributed by atoms with van der Waals surface area (Å²) >= 11 is 0. The second-order valence-electron chi connectivity index (χ2n) is 13.9. The number of unbranched alkanes of at least 4 members (excludes halogenated alkanes) is 27. The van der Waals surface area contributed by atoms with Gasteiger partial charge in [-0.25, -0.2) is 0 Å². The summed E-state index contributed by atoms with van der Waals surface area (Å²) in [6, 6.07) is 0. The molecular formula is C42H83O3P. The summed E-state index contributed by atoms with van der Waals surface area (Å²) in [4.78, 5) is 0. The maximum Gasteiger partial charge on any atom is 0.330 e. The van der Waals surface area contributed by atoms with Crippen molar-refractivity contribution in [3.8, 4) is 0 Å². The Labute approximate surface area is 290 Å². The molecule has 0 unspecified atom stereocenters. The van der Waals surface area contributed by atoms with Gasteiger partial charge in [-0.1, -0.05) is 180 Å². The van der Waals surface area contributed by atoms with Crippen molar-refractivity contribution in [3.05, 3.63) is 24.3 Å². The van der Waals surface area contributed by atoms with Gasteiger partial charge in [-0.05, 0) is 70.6 Å². The average molecular weight is 667 g/mol. The first-order valence-electron chi connectivity index (χ1n) is 20.9. The Hall–Kier alpha value is -0.370. The standard InChI is InChI=1S/C42H83O3P/c1-4-7-10-13-15-17-19-21-23-25-27-29-31-33-35-37-40-44-46(43,42-39-12-9-6-3)45-41-38-36-34-32-30-28-26-24-22-20-18-16-14-11-8-5-2/h21-24H,4-20,25-42H2,1-3H3. The molecule has 3 nitrogen and oxygen atoms in total. The molecule has 0 radical (unpaired) electrons. The average Bonchev–Trinajstić information content (AvgIpc) is 3.06. The van der Waals surface area contributed by atoms with Crippen LogP contribution in [0.5, 0.6) is 0 Å². The maximum atomic E-state index is 13.4. The molecule has 0 aromatic rings. The molecule has 0 saturated carbocycles. The topological polar surface area (TPSA) is 35.5 Å². The van der Waals surface area contributed by atoms with Crippen molar-refractivity contribution in [1.29, 1.82) is 0 Å². The molecule has 4 heteroatoms. The van der Waals surface area contributed by atoms with Gasteiger partial charge in [-0.15, -0.1) is 0 Å². The van der Waals surface area contributed by atoms with Crippen LogP contribution in [0.4, 0.5) is 0 Å². The Balaban J connectivity index is 3.81. The van der Waals surface area contributed by atoms with E-state index in [-0.39, 0.29) is 0 Å². The Kier molecular flexibility index (Phi) is 38.8. The highest BCUT2D eigenvalue weighted by atomic mass is 31.2. The minimum Gasteiger partial charge on any atom is -0.309 e. The molecule has 0 bridgehead atoms. The highest BCUT2D eigenvalue weighted by Crippen LogP contribution is 2.49. The number of hydrogen-bond donors (Lipinski definition) is 0. The fourth-order valence-electron chi connectivity index (χ4n) is 6.01. The highest BCUT2D eigenvalue weighted by molar-refractivity contribution is 7.53. The minimum atomic E-state index is -2.95. The summed E-state index contributed by atoms with van der Waals surface area (Å²) in [7, 11) is -2.95. The molecule has 0 aliphatic carbocycles. The summed E-state index contributed by atoms with van der Waals surface area (Å²) in [5, 5.41) is 0. The first-order chi connectivity index (χ1) is 22.7. The van der Waals surface area contributed by atoms with Crippen LogP contribution >= 0.6 is 7.60 Å². The van der Waals surface area contributed by atoms with Crippen LogP contribution in [0, 0.1) is 0 Å². The minimum absolute atomic E-state index is 0.583. The van der Waals surface area contributed by atoms with Gasteiger partial charge in [0.1, 0.15) is 0 Å². The van der Waals surface area contributed by atoms with Crippen molar-refractivity contribution < 1.29 is 13.6 Å². The van der Waals surface area contributed by atoms with Gasteiger partial charge in [-0.2, -0.15) is 0 Å². The van der Waals surface area contributed by atoms with Crippen molar-refractivity contribution in [2.24, 2.45) is 0 Å². The van der Waals surface area contributed by atoms with Crippen LogP contribution in [0.25, 0.3) is 0 Å². The molecule has 46 heavy (non-hydrogen) atoms. The molecule has 0 atom stereocenters. The lowest BCUT2D eigenvalue weighted by Gasteiger charge is -2.19. The van der Waals surface area contributed by atoms with Crippen LogP contribution in [0.2, 0.25) is 0 Å². The Morgan fingerprint density at radius 3 is 0.935 bits per heavy atom. The van der Waals surface area contributed by atoms with Crippen LogP contribution in [-0.4, -0.2) is 19.4 Å². The molecule has 274 valence electrons. The van der Waals surface area contributed by atoms with E-state index in [1.54, 1.807) is 0 Å². The predicted octanol–water partition coefficient (Wildman–Crippen LogP) is 15.9. The predicted molar refractivity (Wildman–Crippen MR) is 207 cm³/mol. The molecule has 0 aliphatic rings. The van der Waals surface area contributed by atoms with Crippen molar-refractivity contribution in [3.63, 3.8) is 0 Å². The zero-order chi connectivity index (χ0) is 33.5. The van der Waals surface area contributed by atoms with Crippen LogP contribution in [0.15, 0.2) is 24.3 Å². The third-order valence-electron chi connectivity index (χ3n) is 9.17. The lowest BCUT2D eigenvalue weighted by Crippen LogP contribution is -2.03. The molecule has 0 rings (SSSR count). The fraction of sp³-hybridized carbons (Fsp3) is 0.905. The molecule has 0 N–H and O–H groups in total. The summed E-state index contributed by atoms with van der Waals surface area (Å²) in [5.74, 6) is 0. The second-order valence-corrected chi connectivity index (χ2v) is 16.1. The molecule has 0 spiro atoms. The van der Waals surface area contributed by atoms with Crippen LogP contribution < -0.4 is 0 Å². The summed E-state index contributed by atoms with van der Waals surface area (Å²) in [6.07, 6.45) is 50.9. The van der Waals surface area contributed by atoms with Gasteiger partial charge in [0, 0.05) is 0 Å². The van der Waals surface area contributed by atoms with E-state index in [1.807, 2.05) is 0 Å². The number of rotatable bonds is 39. The maximum absolute atomic E-state index is 13.4. The van der Waals surface area contributed by atoms with Gasteiger partial charge >= 0.3 is 7.60 Å². The lowest BCUT2D eigenvalue weighted by atomic mass is 10.1. The zero-order valence-corrected chi connectivity index (χ0v) is 32.6. The van der Waals surface area contributed by atoms with E-state index in [2.05, 4.69) is 45.1 Å². The van der Waals surface area contributed by atoms with Crippen LogP contribution in [-0.2, 0) is 13.6 Å². The van der Waals surface area contributed by atoms with Gasteiger partial charge in [0.15, 0.2) is 0 Å². The van der Waals surface area contributed by atoms with E-state index in [1.165, 1.54) is 180 Å². The normalized spacial score (nSPS) is 13.4. The smallest absolute Gasteiger partial charge is 0.309 e. The van der Waals surface area contributed by atoms with Gasteiger partial charge < -0.3 is 9.05 Å². The second kappa shape index (κ2) is 39.1. The van der Waals surface area contributed by atoms with Crippen molar-refractivity contribution in [2.45, 2.75) is 226 Å². The first-order valence-corrected chi connectivity index (χ1v) is 22.6. The first kappa shape index (κ1) is 45.6. The molecule has 0 saturated heterocycles. The van der Waals surface area contributed by atoms with E-state index in [9.17, 15) is 4.57 Å². The lowest BCUT2D eigenvalue weighted by molar-refractivity contribution is 0.197. The fourth-order valence-corrected chi connectivity index (χ4v) is 7.76. The van der Waals surface area contributed by atoms with Gasteiger partial charge in [0.2, 0.25) is 0 Å². The van der Waals surface area contributed by atoms with E-state index >= 15 is 0 Å². The van der Waals surface area contributed by atoms with Crippen LogP contribution in [0.3, 0.4) is 0 Å². The molecule has 0 aromatic carbocycles. The highest BCUT2D eigenvalue weighted by Gasteiger charge is 2.23. The van der Waals surface area contributed by atoms with E-state index in [0.29, 0.717) is 19.4 Å². The Bertz CT molecular complexity index is 626. The van der Waals surface area contributed by atoms with E-state index in [4.69, 9.17) is 9.05 Å². The molecule has 0 aliphatic heterocycles. The summed E-state index contributed by atoms with van der Waals surface area (Å²) in [5.41, 5.74) is 0. The van der Waals surface area contributed by atoms with Crippen molar-refractivity contribution >= 4 is 7.60 Å². The quantitative estimate of drug-likeness (QED) is 0.0372. The number of allylic oxidation sites excluding steroid dienone is 4. The molecule has 0 fully saturated rings. The number of hydrogen-bond acceptors (Lipinski definition) is 3. The zero-order valence-electron chi connectivity index (χ0n) is 31.7. The van der Waals surface area contributed by atoms with Gasteiger partial charge in [0.05, 0.1) is 19.4 Å². The van der Waals surface area contributed by atoms with E-state index < -0.39 is 7.60 Å². The summed E-state index contributed by atoms with van der Waals surface area (Å²) < 4.78 is 25.4. The molecular weight excluding hydrogens is 583 g/mol. The largest absolute Gasteiger partial charge is 0.330 e. The van der Waals surface area contributed by atoms with Crippen LogP contribution in [0.1, 0.15) is 226 Å². The SMILES string of the molecule is CCCCCCCCC=CCCCCCCCCOP(=O)(CCCCCC)OCCCCCCCCC=CCCCCCCCC. The summed E-state index contributed by atoms with van der Waals surface area (Å²) in [6.45, 7) is 7.95. The molecule has 0 heterocycles. The van der Waals surface area contributed by atoms with Crippen molar-refractivity contribution in [1.82, 2.24) is 0 Å². The Morgan fingerprint density at radius 2 is 0.609 bits per heavy atom. The molecule has 0 aromatic heterocycles. The third-order valence-corrected chi connectivity index (χ3v) is 11.2. The Morgan fingerprint density at radius 1 is 0.348 bits per heavy atom.